The van der Waals surface area contributed by atoms with Crippen molar-refractivity contribution in [1.29, 1.82) is 0 Å². The number of hydrogen-bond acceptors (Lipinski definition) is 3. The van der Waals surface area contributed by atoms with Gasteiger partial charge in [-0.25, -0.2) is 4.98 Å². The molecule has 3 aromatic heterocycles. The van der Waals surface area contributed by atoms with Gasteiger partial charge in [-0.2, -0.15) is 5.10 Å². The van der Waals surface area contributed by atoms with E-state index in [9.17, 15) is 4.79 Å². The average Bonchev–Trinajstić information content (AvgIpc) is 3.26. The lowest BCUT2D eigenvalue weighted by molar-refractivity contribution is -0.116. The van der Waals surface area contributed by atoms with Crippen LogP contribution in [0, 0.1) is 13.8 Å². The standard InChI is InChI=1S/C21H21N5O/c1-15-7-9-25-14-19(24-20(25)11-15)17-3-5-18(6-4-17)23-21(27)8-10-26-13-16(2)12-22-26/h3-7,9,11-14H,8,10H2,1-2H3,(H,23,27). The SMILES string of the molecule is Cc1ccn2cc(-c3ccc(NC(=O)CCn4cc(C)cn4)cc3)nc2c1. The Morgan fingerprint density at radius 2 is 1.89 bits per heavy atom. The van der Waals surface area contributed by atoms with Crippen LogP contribution in [-0.2, 0) is 11.3 Å². The van der Waals surface area contributed by atoms with Gasteiger partial charge in [0.25, 0.3) is 0 Å². The first-order valence-electron chi connectivity index (χ1n) is 8.91. The van der Waals surface area contributed by atoms with Gasteiger partial charge in [0.2, 0.25) is 5.91 Å². The fourth-order valence-electron chi connectivity index (χ4n) is 2.98. The van der Waals surface area contributed by atoms with Crippen molar-refractivity contribution in [1.82, 2.24) is 19.2 Å². The minimum absolute atomic E-state index is 0.0286. The van der Waals surface area contributed by atoms with Gasteiger partial charge in [0.05, 0.1) is 11.9 Å². The first kappa shape index (κ1) is 17.0. The first-order chi connectivity index (χ1) is 13.1. The normalized spacial score (nSPS) is 11.0. The Hall–Kier alpha value is -3.41. The summed E-state index contributed by atoms with van der Waals surface area (Å²) in [5.41, 5.74) is 5.90. The van der Waals surface area contributed by atoms with Gasteiger partial charge in [-0.15, -0.1) is 0 Å². The Labute approximate surface area is 157 Å². The van der Waals surface area contributed by atoms with Crippen molar-refractivity contribution in [2.75, 3.05) is 5.32 Å². The lowest BCUT2D eigenvalue weighted by atomic mass is 10.1. The molecule has 0 bridgehead atoms. The van der Waals surface area contributed by atoms with E-state index in [0.717, 1.165) is 28.2 Å². The molecule has 0 unspecified atom stereocenters. The van der Waals surface area contributed by atoms with E-state index in [-0.39, 0.29) is 5.91 Å². The summed E-state index contributed by atoms with van der Waals surface area (Å²) in [5.74, 6) is -0.0286. The third-order valence-electron chi connectivity index (χ3n) is 4.41. The maximum Gasteiger partial charge on any atom is 0.226 e. The van der Waals surface area contributed by atoms with E-state index in [0.29, 0.717) is 13.0 Å². The summed E-state index contributed by atoms with van der Waals surface area (Å²) in [6.07, 6.45) is 8.12. The highest BCUT2D eigenvalue weighted by Crippen LogP contribution is 2.21. The minimum atomic E-state index is -0.0286. The Morgan fingerprint density at radius 1 is 1.07 bits per heavy atom. The van der Waals surface area contributed by atoms with Crippen molar-refractivity contribution in [2.24, 2.45) is 0 Å². The van der Waals surface area contributed by atoms with Gasteiger partial charge in [0, 0.05) is 42.8 Å². The Morgan fingerprint density at radius 3 is 2.63 bits per heavy atom. The molecule has 0 aliphatic rings. The second-order valence-electron chi connectivity index (χ2n) is 6.75. The van der Waals surface area contributed by atoms with Crippen LogP contribution in [0.2, 0.25) is 0 Å². The molecule has 1 amide bonds. The second-order valence-corrected chi connectivity index (χ2v) is 6.75. The van der Waals surface area contributed by atoms with Gasteiger partial charge in [-0.1, -0.05) is 12.1 Å². The first-order valence-corrected chi connectivity index (χ1v) is 8.91. The number of benzene rings is 1. The van der Waals surface area contributed by atoms with Crippen LogP contribution in [0.25, 0.3) is 16.9 Å². The number of amides is 1. The zero-order valence-corrected chi connectivity index (χ0v) is 15.4. The Bertz CT molecular complexity index is 1090. The molecular weight excluding hydrogens is 338 g/mol. The number of hydrogen-bond donors (Lipinski definition) is 1. The molecule has 0 spiro atoms. The van der Waals surface area contributed by atoms with E-state index < -0.39 is 0 Å². The number of anilines is 1. The summed E-state index contributed by atoms with van der Waals surface area (Å²) in [7, 11) is 0. The van der Waals surface area contributed by atoms with Crippen LogP contribution < -0.4 is 5.32 Å². The third kappa shape index (κ3) is 3.89. The number of rotatable bonds is 5. The molecule has 136 valence electrons. The van der Waals surface area contributed by atoms with Gasteiger partial charge in [-0.05, 0) is 49.2 Å². The smallest absolute Gasteiger partial charge is 0.226 e. The number of pyridine rings is 1. The van der Waals surface area contributed by atoms with Gasteiger partial charge in [-0.3, -0.25) is 9.48 Å². The number of carbonyl (C=O) groups excluding carboxylic acids is 1. The molecule has 4 rings (SSSR count). The van der Waals surface area contributed by atoms with Crippen molar-refractivity contribution in [3.63, 3.8) is 0 Å². The zero-order valence-electron chi connectivity index (χ0n) is 15.4. The molecular formula is C21H21N5O. The molecule has 0 atom stereocenters. The quantitative estimate of drug-likeness (QED) is 0.589. The van der Waals surface area contributed by atoms with Crippen LogP contribution in [0.3, 0.4) is 0 Å². The zero-order chi connectivity index (χ0) is 18.8. The van der Waals surface area contributed by atoms with Crippen molar-refractivity contribution in [2.45, 2.75) is 26.8 Å². The van der Waals surface area contributed by atoms with E-state index in [1.54, 1.807) is 10.9 Å². The molecule has 0 fully saturated rings. The molecule has 6 nitrogen and oxygen atoms in total. The highest BCUT2D eigenvalue weighted by Gasteiger charge is 2.07. The van der Waals surface area contributed by atoms with Crippen LogP contribution in [0.5, 0.6) is 0 Å². The van der Waals surface area contributed by atoms with Gasteiger partial charge in [0.1, 0.15) is 5.65 Å². The molecule has 4 aromatic rings. The Balaban J connectivity index is 1.41. The lowest BCUT2D eigenvalue weighted by Gasteiger charge is -2.06. The largest absolute Gasteiger partial charge is 0.326 e. The van der Waals surface area contributed by atoms with Gasteiger partial charge in [0.15, 0.2) is 0 Å². The second kappa shape index (κ2) is 7.07. The number of imidazole rings is 1. The maximum atomic E-state index is 12.1. The third-order valence-corrected chi connectivity index (χ3v) is 4.41. The molecule has 0 radical (unpaired) electrons. The van der Waals surface area contributed by atoms with E-state index in [1.807, 2.05) is 54.2 Å². The molecule has 27 heavy (non-hydrogen) atoms. The number of fused-ring (bicyclic) bond motifs is 1. The molecule has 0 saturated heterocycles. The molecule has 1 aromatic carbocycles. The number of aryl methyl sites for hydroxylation is 3. The highest BCUT2D eigenvalue weighted by atomic mass is 16.1. The molecule has 0 aliphatic carbocycles. The maximum absolute atomic E-state index is 12.1. The molecule has 0 saturated carbocycles. The summed E-state index contributed by atoms with van der Waals surface area (Å²) >= 11 is 0. The average molecular weight is 359 g/mol. The minimum Gasteiger partial charge on any atom is -0.326 e. The molecule has 0 aliphatic heterocycles. The summed E-state index contributed by atoms with van der Waals surface area (Å²) in [5, 5.41) is 7.12. The van der Waals surface area contributed by atoms with E-state index in [1.165, 1.54) is 5.56 Å². The summed E-state index contributed by atoms with van der Waals surface area (Å²) in [6, 6.07) is 11.9. The summed E-state index contributed by atoms with van der Waals surface area (Å²) in [4.78, 5) is 16.8. The predicted molar refractivity (Wildman–Crippen MR) is 106 cm³/mol. The number of aromatic nitrogens is 4. The molecule has 6 heteroatoms. The van der Waals surface area contributed by atoms with Crippen molar-refractivity contribution in [3.8, 4) is 11.3 Å². The van der Waals surface area contributed by atoms with Gasteiger partial charge >= 0.3 is 0 Å². The summed E-state index contributed by atoms with van der Waals surface area (Å²) in [6.45, 7) is 4.60. The number of nitrogens with one attached hydrogen (secondary N) is 1. The fraction of sp³-hybridized carbons (Fsp3) is 0.190. The van der Waals surface area contributed by atoms with E-state index in [2.05, 4.69) is 34.5 Å². The molecule has 1 N–H and O–H groups in total. The van der Waals surface area contributed by atoms with Crippen LogP contribution in [0.15, 0.2) is 61.2 Å². The van der Waals surface area contributed by atoms with Crippen LogP contribution in [-0.4, -0.2) is 25.1 Å². The van der Waals surface area contributed by atoms with E-state index in [4.69, 9.17) is 0 Å². The summed E-state index contributed by atoms with van der Waals surface area (Å²) < 4.78 is 3.79. The van der Waals surface area contributed by atoms with E-state index >= 15 is 0 Å². The highest BCUT2D eigenvalue weighted by molar-refractivity contribution is 5.90. The van der Waals surface area contributed by atoms with Gasteiger partial charge < -0.3 is 9.72 Å². The number of carbonyl (C=O) groups is 1. The van der Waals surface area contributed by atoms with Crippen LogP contribution in [0.1, 0.15) is 17.5 Å². The van der Waals surface area contributed by atoms with Crippen molar-refractivity contribution < 1.29 is 4.79 Å². The lowest BCUT2D eigenvalue weighted by Crippen LogP contribution is -2.14. The fourth-order valence-corrected chi connectivity index (χ4v) is 2.98. The van der Waals surface area contributed by atoms with Crippen LogP contribution in [0.4, 0.5) is 5.69 Å². The Kier molecular flexibility index (Phi) is 4.46. The van der Waals surface area contributed by atoms with Crippen molar-refractivity contribution >= 4 is 17.2 Å². The van der Waals surface area contributed by atoms with Crippen molar-refractivity contribution in [3.05, 3.63) is 72.3 Å². The monoisotopic (exact) mass is 359 g/mol. The molecule has 3 heterocycles. The van der Waals surface area contributed by atoms with Crippen LogP contribution >= 0.6 is 0 Å². The number of nitrogens with zero attached hydrogens (tertiary/aromatic N) is 4. The predicted octanol–water partition coefficient (Wildman–Crippen LogP) is 3.84. The topological polar surface area (TPSA) is 64.2 Å².